The minimum Gasteiger partial charge on any atom is -0.361 e. The number of fused-ring (bicyclic) bond motifs is 1. The number of amides is 1. The van der Waals surface area contributed by atoms with Crippen LogP contribution in [0.15, 0.2) is 59.8 Å². The normalized spacial score (nSPS) is 11.7. The third kappa shape index (κ3) is 3.60. The molecule has 1 aromatic heterocycles. The highest BCUT2D eigenvalue weighted by Gasteiger charge is 2.08. The van der Waals surface area contributed by atoms with Gasteiger partial charge in [0.15, 0.2) is 0 Å². The van der Waals surface area contributed by atoms with Gasteiger partial charge in [0.1, 0.15) is 0 Å². The van der Waals surface area contributed by atoms with Gasteiger partial charge in [-0.25, -0.2) is 5.43 Å². The van der Waals surface area contributed by atoms with Gasteiger partial charge in [-0.15, -0.1) is 0 Å². The highest BCUT2D eigenvalue weighted by atomic mass is 35.5. The number of aromatic amines is 1. The number of hydrogen-bond donors (Lipinski definition) is 2. The van der Waals surface area contributed by atoms with Crippen molar-refractivity contribution in [2.24, 2.45) is 5.10 Å². The van der Waals surface area contributed by atoms with Crippen LogP contribution in [-0.2, 0) is 11.2 Å². The van der Waals surface area contributed by atoms with Crippen LogP contribution in [0.5, 0.6) is 0 Å². The number of para-hydroxylation sites is 1. The summed E-state index contributed by atoms with van der Waals surface area (Å²) in [5.41, 5.74) is 6.16. The van der Waals surface area contributed by atoms with Crippen LogP contribution >= 0.6 is 11.6 Å². The Labute approximate surface area is 139 Å². The van der Waals surface area contributed by atoms with Gasteiger partial charge in [0.05, 0.1) is 12.1 Å². The molecule has 0 aliphatic heterocycles. The molecule has 3 aromatic rings. The number of carbonyl (C=O) groups is 1. The van der Waals surface area contributed by atoms with Crippen molar-refractivity contribution in [2.75, 3.05) is 0 Å². The van der Waals surface area contributed by atoms with E-state index in [1.807, 2.05) is 55.6 Å². The number of carbonyl (C=O) groups excluding carboxylic acids is 1. The SMILES string of the molecule is C/C(=N\NC(=O)Cc1c[nH]c2ccccc12)c1cccc(Cl)c1. The van der Waals surface area contributed by atoms with Crippen molar-refractivity contribution >= 4 is 34.1 Å². The zero-order valence-electron chi connectivity index (χ0n) is 12.6. The maximum atomic E-state index is 12.1. The van der Waals surface area contributed by atoms with E-state index < -0.39 is 0 Å². The molecule has 116 valence electrons. The van der Waals surface area contributed by atoms with Gasteiger partial charge < -0.3 is 4.98 Å². The van der Waals surface area contributed by atoms with Crippen LogP contribution < -0.4 is 5.43 Å². The van der Waals surface area contributed by atoms with E-state index in [0.29, 0.717) is 10.7 Å². The molecule has 5 heteroatoms. The van der Waals surface area contributed by atoms with Crippen molar-refractivity contribution in [1.29, 1.82) is 0 Å². The van der Waals surface area contributed by atoms with Crippen LogP contribution in [0.3, 0.4) is 0 Å². The number of halogens is 1. The Morgan fingerprint density at radius 2 is 2.04 bits per heavy atom. The van der Waals surface area contributed by atoms with E-state index in [0.717, 1.165) is 22.0 Å². The molecule has 3 rings (SSSR count). The van der Waals surface area contributed by atoms with Gasteiger partial charge in [-0.05, 0) is 36.2 Å². The molecule has 0 unspecified atom stereocenters. The first-order chi connectivity index (χ1) is 11.1. The predicted octanol–water partition coefficient (Wildman–Crippen LogP) is 3.90. The standard InChI is InChI=1S/C18H16ClN3O/c1-12(13-5-4-6-15(19)9-13)21-22-18(23)10-14-11-20-17-8-3-2-7-16(14)17/h2-9,11,20H,10H2,1H3,(H,22,23)/b21-12+. The summed E-state index contributed by atoms with van der Waals surface area (Å²) in [7, 11) is 0. The van der Waals surface area contributed by atoms with Crippen molar-refractivity contribution in [3.63, 3.8) is 0 Å². The summed E-state index contributed by atoms with van der Waals surface area (Å²) in [5.74, 6) is -0.156. The lowest BCUT2D eigenvalue weighted by molar-refractivity contribution is -0.120. The average molecular weight is 326 g/mol. The van der Waals surface area contributed by atoms with Crippen LogP contribution in [0.2, 0.25) is 5.02 Å². The highest BCUT2D eigenvalue weighted by Crippen LogP contribution is 2.18. The summed E-state index contributed by atoms with van der Waals surface area (Å²) in [6.07, 6.45) is 2.13. The van der Waals surface area contributed by atoms with Crippen LogP contribution in [0.4, 0.5) is 0 Å². The molecule has 0 aliphatic rings. The predicted molar refractivity (Wildman–Crippen MR) is 93.8 cm³/mol. The number of nitrogens with zero attached hydrogens (tertiary/aromatic N) is 1. The van der Waals surface area contributed by atoms with Crippen LogP contribution in [0.1, 0.15) is 18.1 Å². The first-order valence-electron chi connectivity index (χ1n) is 7.27. The summed E-state index contributed by atoms with van der Waals surface area (Å²) in [6, 6.07) is 15.3. The van der Waals surface area contributed by atoms with Gasteiger partial charge in [-0.1, -0.05) is 41.9 Å². The summed E-state index contributed by atoms with van der Waals surface area (Å²) >= 11 is 5.96. The highest BCUT2D eigenvalue weighted by molar-refractivity contribution is 6.31. The third-order valence-corrected chi connectivity index (χ3v) is 3.85. The summed E-state index contributed by atoms with van der Waals surface area (Å²) in [6.45, 7) is 1.83. The first-order valence-corrected chi connectivity index (χ1v) is 7.65. The molecule has 0 atom stereocenters. The Hall–Kier alpha value is -2.59. The van der Waals surface area contributed by atoms with E-state index >= 15 is 0 Å². The smallest absolute Gasteiger partial charge is 0.244 e. The van der Waals surface area contributed by atoms with Crippen molar-refractivity contribution in [3.05, 3.63) is 70.9 Å². The van der Waals surface area contributed by atoms with E-state index in [-0.39, 0.29) is 12.3 Å². The lowest BCUT2D eigenvalue weighted by Gasteiger charge is -2.03. The van der Waals surface area contributed by atoms with Gasteiger partial charge in [0, 0.05) is 22.1 Å². The average Bonchev–Trinajstić information content (AvgIpc) is 2.96. The zero-order chi connectivity index (χ0) is 16.2. The second-order valence-electron chi connectivity index (χ2n) is 5.28. The van der Waals surface area contributed by atoms with Crippen molar-refractivity contribution in [2.45, 2.75) is 13.3 Å². The molecular formula is C18H16ClN3O. The van der Waals surface area contributed by atoms with E-state index in [2.05, 4.69) is 15.5 Å². The quantitative estimate of drug-likeness (QED) is 0.554. The van der Waals surface area contributed by atoms with E-state index in [9.17, 15) is 4.79 Å². The maximum absolute atomic E-state index is 12.1. The Morgan fingerprint density at radius 1 is 1.22 bits per heavy atom. The maximum Gasteiger partial charge on any atom is 0.244 e. The minimum atomic E-state index is -0.156. The van der Waals surface area contributed by atoms with Gasteiger partial charge >= 0.3 is 0 Å². The van der Waals surface area contributed by atoms with Gasteiger partial charge in [0.2, 0.25) is 5.91 Å². The number of rotatable bonds is 4. The molecular weight excluding hydrogens is 310 g/mol. The molecule has 0 spiro atoms. The molecule has 0 saturated heterocycles. The second-order valence-corrected chi connectivity index (χ2v) is 5.72. The number of nitrogens with one attached hydrogen (secondary N) is 2. The summed E-state index contributed by atoms with van der Waals surface area (Å²) < 4.78 is 0. The van der Waals surface area contributed by atoms with Crippen molar-refractivity contribution < 1.29 is 4.79 Å². The van der Waals surface area contributed by atoms with Crippen LogP contribution in [-0.4, -0.2) is 16.6 Å². The monoisotopic (exact) mass is 325 g/mol. The largest absolute Gasteiger partial charge is 0.361 e. The molecule has 0 fully saturated rings. The van der Waals surface area contributed by atoms with Crippen molar-refractivity contribution in [1.82, 2.24) is 10.4 Å². The topological polar surface area (TPSA) is 57.2 Å². The summed E-state index contributed by atoms with van der Waals surface area (Å²) in [4.78, 5) is 15.3. The van der Waals surface area contributed by atoms with Crippen LogP contribution in [0.25, 0.3) is 10.9 Å². The third-order valence-electron chi connectivity index (χ3n) is 3.62. The fraction of sp³-hybridized carbons (Fsp3) is 0.111. The molecule has 4 nitrogen and oxygen atoms in total. The Balaban J connectivity index is 1.69. The van der Waals surface area contributed by atoms with Gasteiger partial charge in [0.25, 0.3) is 0 Å². The lowest BCUT2D eigenvalue weighted by Crippen LogP contribution is -2.21. The summed E-state index contributed by atoms with van der Waals surface area (Å²) in [5, 5.41) is 5.84. The number of benzene rings is 2. The lowest BCUT2D eigenvalue weighted by atomic mass is 10.1. The Kier molecular flexibility index (Phi) is 4.44. The number of hydrazone groups is 1. The number of H-pyrrole nitrogens is 1. The molecule has 2 N–H and O–H groups in total. The molecule has 23 heavy (non-hydrogen) atoms. The van der Waals surface area contributed by atoms with Crippen molar-refractivity contribution in [3.8, 4) is 0 Å². The molecule has 1 amide bonds. The minimum absolute atomic E-state index is 0.156. The first kappa shape index (κ1) is 15.3. The molecule has 2 aromatic carbocycles. The van der Waals surface area contributed by atoms with E-state index in [1.165, 1.54) is 0 Å². The van der Waals surface area contributed by atoms with Gasteiger partial charge in [-0.3, -0.25) is 4.79 Å². The Morgan fingerprint density at radius 3 is 2.87 bits per heavy atom. The number of hydrogen-bond acceptors (Lipinski definition) is 2. The molecule has 0 bridgehead atoms. The fourth-order valence-electron chi connectivity index (χ4n) is 2.41. The number of aromatic nitrogens is 1. The molecule has 1 heterocycles. The van der Waals surface area contributed by atoms with E-state index in [4.69, 9.17) is 11.6 Å². The van der Waals surface area contributed by atoms with Crippen LogP contribution in [0, 0.1) is 0 Å². The second kappa shape index (κ2) is 6.67. The molecule has 0 saturated carbocycles. The molecule has 0 radical (unpaired) electrons. The fourth-order valence-corrected chi connectivity index (χ4v) is 2.60. The molecule has 0 aliphatic carbocycles. The van der Waals surface area contributed by atoms with Gasteiger partial charge in [-0.2, -0.15) is 5.10 Å². The Bertz CT molecular complexity index is 883. The zero-order valence-corrected chi connectivity index (χ0v) is 13.4. The van der Waals surface area contributed by atoms with E-state index in [1.54, 1.807) is 6.07 Å².